The lowest BCUT2D eigenvalue weighted by Crippen LogP contribution is -2.17. The van der Waals surface area contributed by atoms with Crippen LogP contribution in [0.15, 0.2) is 23.9 Å². The summed E-state index contributed by atoms with van der Waals surface area (Å²) in [6.07, 6.45) is 12.4. The second kappa shape index (κ2) is 18.4. The Morgan fingerprint density at radius 3 is 2.38 bits per heavy atom. The predicted octanol–water partition coefficient (Wildman–Crippen LogP) is 5.44. The lowest BCUT2D eigenvalue weighted by atomic mass is 10.1. The molecule has 26 heavy (non-hydrogen) atoms. The van der Waals surface area contributed by atoms with Gasteiger partial charge in [0.15, 0.2) is 5.78 Å². The number of ether oxygens (including phenoxy) is 1. The minimum atomic E-state index is -0.0718. The average Bonchev–Trinajstić information content (AvgIpc) is 3.05. The van der Waals surface area contributed by atoms with Crippen LogP contribution in [-0.2, 0) is 14.3 Å². The van der Waals surface area contributed by atoms with Crippen LogP contribution in [0, 0.1) is 11.8 Å². The first-order valence-corrected chi connectivity index (χ1v) is 10.1. The molecule has 1 aliphatic carbocycles. The van der Waals surface area contributed by atoms with Crippen LogP contribution in [0.5, 0.6) is 0 Å². The van der Waals surface area contributed by atoms with Crippen molar-refractivity contribution in [2.45, 2.75) is 86.7 Å². The standard InChI is InChI=1S/C12H24O.C8H11NO2.C2H6/c1-4-10(2)8-9-13-12-7-5-6-11(12)3;1-3-4-8(7(2)11)5-9-6-10;1-2/h10-12H,4-9H2,1-3H3;3-6H,1-2H3,(H,9,10);1-2H3/b;4-3-,8-5+;. The number of allylic oxidation sites excluding steroid dienone is 3. The van der Waals surface area contributed by atoms with Crippen LogP contribution >= 0.6 is 0 Å². The summed E-state index contributed by atoms with van der Waals surface area (Å²) in [6, 6.07) is 0. The van der Waals surface area contributed by atoms with E-state index in [-0.39, 0.29) is 5.78 Å². The monoisotopic (exact) mass is 367 g/mol. The summed E-state index contributed by atoms with van der Waals surface area (Å²) >= 11 is 0. The third kappa shape index (κ3) is 13.8. The van der Waals surface area contributed by atoms with Crippen LogP contribution in [0.2, 0.25) is 0 Å². The zero-order chi connectivity index (χ0) is 20.4. The number of hydrogen-bond donors (Lipinski definition) is 1. The minimum Gasteiger partial charge on any atom is -0.378 e. The summed E-state index contributed by atoms with van der Waals surface area (Å²) in [5.41, 5.74) is 0.486. The third-order valence-electron chi connectivity index (χ3n) is 4.48. The summed E-state index contributed by atoms with van der Waals surface area (Å²) < 4.78 is 5.89. The third-order valence-corrected chi connectivity index (χ3v) is 4.48. The normalized spacial score (nSPS) is 20.5. The van der Waals surface area contributed by atoms with Crippen molar-refractivity contribution in [1.82, 2.24) is 5.32 Å². The van der Waals surface area contributed by atoms with Gasteiger partial charge >= 0.3 is 0 Å². The molecule has 1 N–H and O–H groups in total. The van der Waals surface area contributed by atoms with Gasteiger partial charge in [0, 0.05) is 18.4 Å². The number of Topliss-reactive ketones (excluding diaryl/α,β-unsaturated/α-hetero) is 1. The van der Waals surface area contributed by atoms with E-state index >= 15 is 0 Å². The molecule has 1 amide bonds. The van der Waals surface area contributed by atoms with Gasteiger partial charge in [0.25, 0.3) is 0 Å². The molecule has 1 saturated carbocycles. The van der Waals surface area contributed by atoms with Gasteiger partial charge < -0.3 is 10.1 Å². The zero-order valence-corrected chi connectivity index (χ0v) is 18.0. The summed E-state index contributed by atoms with van der Waals surface area (Å²) in [6.45, 7) is 15.1. The molecule has 0 radical (unpaired) electrons. The number of ketones is 1. The van der Waals surface area contributed by atoms with Gasteiger partial charge in [-0.05, 0) is 44.9 Å². The van der Waals surface area contributed by atoms with Gasteiger partial charge in [-0.1, -0.05) is 59.6 Å². The molecule has 152 valence electrons. The topological polar surface area (TPSA) is 55.4 Å². The van der Waals surface area contributed by atoms with Crippen LogP contribution in [0.3, 0.4) is 0 Å². The first kappa shape index (κ1) is 26.8. The number of carbonyl (C=O) groups excluding carboxylic acids is 2. The van der Waals surface area contributed by atoms with E-state index in [4.69, 9.17) is 4.74 Å². The summed E-state index contributed by atoms with van der Waals surface area (Å²) in [4.78, 5) is 20.6. The molecule has 0 aliphatic heterocycles. The highest BCUT2D eigenvalue weighted by molar-refractivity contribution is 5.96. The van der Waals surface area contributed by atoms with E-state index in [0.717, 1.165) is 18.4 Å². The van der Waals surface area contributed by atoms with E-state index in [2.05, 4.69) is 26.1 Å². The van der Waals surface area contributed by atoms with E-state index in [1.165, 1.54) is 45.2 Å². The summed E-state index contributed by atoms with van der Waals surface area (Å²) in [5, 5.41) is 2.30. The highest BCUT2D eigenvalue weighted by Gasteiger charge is 2.23. The molecule has 1 fully saturated rings. The molecule has 0 aromatic rings. The summed E-state index contributed by atoms with van der Waals surface area (Å²) in [7, 11) is 0. The van der Waals surface area contributed by atoms with Gasteiger partial charge in [-0.3, -0.25) is 9.59 Å². The van der Waals surface area contributed by atoms with Crippen molar-refractivity contribution in [3.8, 4) is 0 Å². The lowest BCUT2D eigenvalue weighted by Gasteiger charge is -2.17. The molecule has 0 aromatic heterocycles. The number of nitrogens with one attached hydrogen (secondary N) is 1. The quantitative estimate of drug-likeness (QED) is 0.335. The molecule has 0 saturated heterocycles. The lowest BCUT2D eigenvalue weighted by molar-refractivity contribution is -0.113. The molecule has 3 unspecified atom stereocenters. The van der Waals surface area contributed by atoms with Gasteiger partial charge in [-0.2, -0.15) is 0 Å². The summed E-state index contributed by atoms with van der Waals surface area (Å²) in [5.74, 6) is 1.56. The molecular weight excluding hydrogens is 326 g/mol. The molecule has 0 heterocycles. The van der Waals surface area contributed by atoms with Crippen LogP contribution in [0.25, 0.3) is 0 Å². The van der Waals surface area contributed by atoms with Gasteiger partial charge in [-0.15, -0.1) is 0 Å². The highest BCUT2D eigenvalue weighted by Crippen LogP contribution is 2.27. The second-order valence-corrected chi connectivity index (χ2v) is 6.56. The predicted molar refractivity (Wildman–Crippen MR) is 111 cm³/mol. The van der Waals surface area contributed by atoms with E-state index in [1.54, 1.807) is 19.1 Å². The van der Waals surface area contributed by atoms with Crippen molar-refractivity contribution >= 4 is 12.2 Å². The number of hydrogen-bond acceptors (Lipinski definition) is 3. The molecule has 1 rings (SSSR count). The van der Waals surface area contributed by atoms with Gasteiger partial charge in [0.1, 0.15) is 0 Å². The Bertz CT molecular complexity index is 416. The van der Waals surface area contributed by atoms with Gasteiger partial charge in [-0.25, -0.2) is 0 Å². The Labute approximate surface area is 161 Å². The molecule has 4 nitrogen and oxygen atoms in total. The molecule has 0 bridgehead atoms. The zero-order valence-electron chi connectivity index (χ0n) is 18.0. The van der Waals surface area contributed by atoms with E-state index in [9.17, 15) is 9.59 Å². The molecule has 1 aliphatic rings. The molecule has 3 atom stereocenters. The maximum Gasteiger partial charge on any atom is 0.211 e. The molecule has 4 heteroatoms. The maximum absolute atomic E-state index is 10.8. The minimum absolute atomic E-state index is 0.0718. The Kier molecular flexibility index (Phi) is 18.9. The van der Waals surface area contributed by atoms with Crippen molar-refractivity contribution in [2.75, 3.05) is 6.61 Å². The largest absolute Gasteiger partial charge is 0.378 e. The molecular formula is C22H41NO3. The SMILES string of the molecule is C/C=C\C(=C/NC=O)C(C)=O.CC.CCC(C)CCOC1CCCC1C. The first-order chi connectivity index (χ1) is 12.5. The van der Waals surface area contributed by atoms with E-state index in [0.29, 0.717) is 18.1 Å². The van der Waals surface area contributed by atoms with Crippen molar-refractivity contribution in [3.63, 3.8) is 0 Å². The maximum atomic E-state index is 10.8. The van der Waals surface area contributed by atoms with Crippen molar-refractivity contribution in [2.24, 2.45) is 11.8 Å². The van der Waals surface area contributed by atoms with Gasteiger partial charge in [0.05, 0.1) is 6.10 Å². The Morgan fingerprint density at radius 1 is 1.31 bits per heavy atom. The van der Waals surface area contributed by atoms with Crippen LogP contribution in [0.1, 0.15) is 80.6 Å². The first-order valence-electron chi connectivity index (χ1n) is 10.1. The second-order valence-electron chi connectivity index (χ2n) is 6.56. The van der Waals surface area contributed by atoms with E-state index in [1.807, 2.05) is 13.8 Å². The molecule has 0 aromatic carbocycles. The smallest absolute Gasteiger partial charge is 0.211 e. The molecule has 0 spiro atoms. The highest BCUT2D eigenvalue weighted by atomic mass is 16.5. The fourth-order valence-electron chi connectivity index (χ4n) is 2.55. The van der Waals surface area contributed by atoms with Gasteiger partial charge in [0.2, 0.25) is 6.41 Å². The van der Waals surface area contributed by atoms with Crippen LogP contribution in [0.4, 0.5) is 0 Å². The van der Waals surface area contributed by atoms with Crippen LogP contribution < -0.4 is 5.32 Å². The number of carbonyl (C=O) groups is 2. The number of rotatable bonds is 9. The fraction of sp³-hybridized carbons (Fsp3) is 0.727. The van der Waals surface area contributed by atoms with E-state index < -0.39 is 0 Å². The number of amides is 1. The Hall–Kier alpha value is -1.42. The van der Waals surface area contributed by atoms with Crippen molar-refractivity contribution in [3.05, 3.63) is 23.9 Å². The Morgan fingerprint density at radius 2 is 1.96 bits per heavy atom. The van der Waals surface area contributed by atoms with Crippen molar-refractivity contribution < 1.29 is 14.3 Å². The van der Waals surface area contributed by atoms with Crippen molar-refractivity contribution in [1.29, 1.82) is 0 Å². The van der Waals surface area contributed by atoms with Crippen LogP contribution in [-0.4, -0.2) is 24.9 Å². The average molecular weight is 368 g/mol. The Balaban J connectivity index is 0. The fourth-order valence-corrected chi connectivity index (χ4v) is 2.55.